The molecule has 0 amide bonds. The number of nitrogens with zero attached hydrogens (tertiary/aromatic N) is 3. The van der Waals surface area contributed by atoms with Crippen molar-refractivity contribution in [2.24, 2.45) is 0 Å². The molecular formula is C20H29N5O2. The van der Waals surface area contributed by atoms with E-state index < -0.39 is 0 Å². The molecule has 1 unspecified atom stereocenters. The van der Waals surface area contributed by atoms with E-state index in [1.54, 1.807) is 7.11 Å². The summed E-state index contributed by atoms with van der Waals surface area (Å²) in [4.78, 5) is 10.8. The summed E-state index contributed by atoms with van der Waals surface area (Å²) >= 11 is 0. The van der Waals surface area contributed by atoms with Gasteiger partial charge in [-0.2, -0.15) is 4.98 Å². The van der Waals surface area contributed by atoms with E-state index in [0.29, 0.717) is 18.6 Å². The molecule has 0 aliphatic carbocycles. The Morgan fingerprint density at radius 1 is 1.22 bits per heavy atom. The molecule has 1 aliphatic heterocycles. The number of nitrogens with one attached hydrogen (secondary N) is 1. The van der Waals surface area contributed by atoms with Crippen LogP contribution in [0.1, 0.15) is 25.5 Å². The van der Waals surface area contributed by atoms with E-state index in [2.05, 4.69) is 27.1 Å². The van der Waals surface area contributed by atoms with Crippen molar-refractivity contribution in [3.63, 3.8) is 0 Å². The number of piperidine rings is 1. The molecule has 2 heterocycles. The molecule has 7 nitrogen and oxygen atoms in total. The van der Waals surface area contributed by atoms with Crippen LogP contribution in [0, 0.1) is 6.92 Å². The van der Waals surface area contributed by atoms with Crippen LogP contribution in [0.5, 0.6) is 11.5 Å². The number of hydrogen-bond donors (Lipinski definition) is 2. The molecule has 7 heteroatoms. The highest BCUT2D eigenvalue weighted by molar-refractivity contribution is 5.43. The summed E-state index contributed by atoms with van der Waals surface area (Å²) < 4.78 is 11.2. The predicted octanol–water partition coefficient (Wildman–Crippen LogP) is 2.40. The summed E-state index contributed by atoms with van der Waals surface area (Å²) in [6.07, 6.45) is 2.11. The van der Waals surface area contributed by atoms with Crippen LogP contribution in [0.4, 0.5) is 11.8 Å². The minimum atomic E-state index is 0.253. The maximum atomic E-state index is 5.92. The van der Waals surface area contributed by atoms with Gasteiger partial charge in [0.15, 0.2) is 11.5 Å². The van der Waals surface area contributed by atoms with Gasteiger partial charge in [0.1, 0.15) is 12.4 Å². The first-order valence-electron chi connectivity index (χ1n) is 9.43. The third-order valence-electron chi connectivity index (χ3n) is 4.76. The number of aryl methyl sites for hydroxylation is 1. The van der Waals surface area contributed by atoms with Gasteiger partial charge in [0.25, 0.3) is 0 Å². The lowest BCUT2D eigenvalue weighted by Crippen LogP contribution is -2.47. The van der Waals surface area contributed by atoms with Crippen LogP contribution in [0.2, 0.25) is 0 Å². The van der Waals surface area contributed by atoms with Gasteiger partial charge in [-0.1, -0.05) is 12.1 Å². The molecule has 1 atom stereocenters. The fourth-order valence-corrected chi connectivity index (χ4v) is 3.41. The first-order valence-corrected chi connectivity index (χ1v) is 9.43. The van der Waals surface area contributed by atoms with E-state index in [9.17, 15) is 0 Å². The quantitative estimate of drug-likeness (QED) is 0.773. The second kappa shape index (κ2) is 8.90. The van der Waals surface area contributed by atoms with Crippen LogP contribution in [0.3, 0.4) is 0 Å². The van der Waals surface area contributed by atoms with E-state index >= 15 is 0 Å². The van der Waals surface area contributed by atoms with Gasteiger partial charge >= 0.3 is 0 Å². The lowest BCUT2D eigenvalue weighted by molar-refractivity contribution is 0.242. The lowest BCUT2D eigenvalue weighted by Gasteiger charge is -2.34. The zero-order chi connectivity index (χ0) is 19.2. The van der Waals surface area contributed by atoms with Crippen molar-refractivity contribution in [3.05, 3.63) is 36.0 Å². The Morgan fingerprint density at radius 3 is 2.59 bits per heavy atom. The fourth-order valence-electron chi connectivity index (χ4n) is 3.41. The van der Waals surface area contributed by atoms with Gasteiger partial charge in [0.2, 0.25) is 5.95 Å². The summed E-state index contributed by atoms with van der Waals surface area (Å²) in [6, 6.07) is 10.4. The van der Waals surface area contributed by atoms with Gasteiger partial charge in [-0.15, -0.1) is 0 Å². The number of rotatable bonds is 7. The number of methoxy groups -OCH3 is 1. The van der Waals surface area contributed by atoms with Crippen molar-refractivity contribution >= 4 is 11.8 Å². The SMILES string of the molecule is COc1ccccc1OCC(C)NC1CCN(c2cc(C)nc(N)n2)CC1. The molecule has 0 bridgehead atoms. The van der Waals surface area contributed by atoms with Crippen LogP contribution in [-0.2, 0) is 0 Å². The molecule has 0 spiro atoms. The molecule has 146 valence electrons. The second-order valence-corrected chi connectivity index (χ2v) is 7.02. The van der Waals surface area contributed by atoms with E-state index in [0.717, 1.165) is 48.9 Å². The molecule has 27 heavy (non-hydrogen) atoms. The van der Waals surface area contributed by atoms with Crippen LogP contribution >= 0.6 is 0 Å². The average molecular weight is 371 g/mol. The Morgan fingerprint density at radius 2 is 1.93 bits per heavy atom. The van der Waals surface area contributed by atoms with Crippen LogP contribution in [0.15, 0.2) is 30.3 Å². The number of nitrogen functional groups attached to an aromatic ring is 1. The monoisotopic (exact) mass is 371 g/mol. The van der Waals surface area contributed by atoms with Gasteiger partial charge in [-0.05, 0) is 38.8 Å². The second-order valence-electron chi connectivity index (χ2n) is 7.02. The maximum Gasteiger partial charge on any atom is 0.222 e. The Hall–Kier alpha value is -2.54. The van der Waals surface area contributed by atoms with Crippen molar-refractivity contribution < 1.29 is 9.47 Å². The highest BCUT2D eigenvalue weighted by Gasteiger charge is 2.22. The number of anilines is 2. The summed E-state index contributed by atoms with van der Waals surface area (Å²) in [5.41, 5.74) is 6.68. The van der Waals surface area contributed by atoms with Gasteiger partial charge in [0, 0.05) is 36.9 Å². The Kier molecular flexibility index (Phi) is 6.34. The van der Waals surface area contributed by atoms with E-state index in [4.69, 9.17) is 15.2 Å². The van der Waals surface area contributed by atoms with Crippen LogP contribution in [-0.4, -0.2) is 48.9 Å². The minimum Gasteiger partial charge on any atom is -0.493 e. The van der Waals surface area contributed by atoms with Crippen molar-refractivity contribution in [2.45, 2.75) is 38.8 Å². The van der Waals surface area contributed by atoms with Gasteiger partial charge < -0.3 is 25.4 Å². The largest absolute Gasteiger partial charge is 0.493 e. The summed E-state index contributed by atoms with van der Waals surface area (Å²) in [7, 11) is 1.66. The molecule has 1 aliphatic rings. The smallest absolute Gasteiger partial charge is 0.222 e. The molecule has 3 N–H and O–H groups in total. The van der Waals surface area contributed by atoms with Gasteiger partial charge in [-0.3, -0.25) is 0 Å². The van der Waals surface area contributed by atoms with E-state index in [1.807, 2.05) is 37.3 Å². The van der Waals surface area contributed by atoms with Crippen LogP contribution < -0.4 is 25.4 Å². The molecule has 1 fully saturated rings. The Balaban J connectivity index is 1.46. The summed E-state index contributed by atoms with van der Waals surface area (Å²) in [5, 5.41) is 3.67. The third kappa shape index (κ3) is 5.23. The Labute approximate surface area is 160 Å². The van der Waals surface area contributed by atoms with Gasteiger partial charge in [-0.25, -0.2) is 4.98 Å². The highest BCUT2D eigenvalue weighted by Crippen LogP contribution is 2.26. The molecule has 0 radical (unpaired) electrons. The predicted molar refractivity (Wildman–Crippen MR) is 108 cm³/mol. The van der Waals surface area contributed by atoms with Crippen molar-refractivity contribution in [3.8, 4) is 11.5 Å². The van der Waals surface area contributed by atoms with Gasteiger partial charge in [0.05, 0.1) is 7.11 Å². The van der Waals surface area contributed by atoms with E-state index in [-0.39, 0.29) is 6.04 Å². The number of nitrogens with two attached hydrogens (primary N) is 1. The molecule has 1 aromatic carbocycles. The summed E-state index contributed by atoms with van der Waals surface area (Å²) in [6.45, 7) is 6.60. The number of hydrogen-bond acceptors (Lipinski definition) is 7. The van der Waals surface area contributed by atoms with Crippen LogP contribution in [0.25, 0.3) is 0 Å². The number of aromatic nitrogens is 2. The average Bonchev–Trinajstić information content (AvgIpc) is 2.66. The number of para-hydroxylation sites is 2. The first kappa shape index (κ1) is 19.2. The Bertz CT molecular complexity index is 727. The topological polar surface area (TPSA) is 85.5 Å². The first-order chi connectivity index (χ1) is 13.0. The van der Waals surface area contributed by atoms with E-state index in [1.165, 1.54) is 0 Å². The normalized spacial score (nSPS) is 16.2. The van der Waals surface area contributed by atoms with Crippen molar-refractivity contribution in [1.82, 2.24) is 15.3 Å². The number of ether oxygens (including phenoxy) is 2. The lowest BCUT2D eigenvalue weighted by atomic mass is 10.0. The summed E-state index contributed by atoms with van der Waals surface area (Å²) in [5.74, 6) is 2.80. The maximum absolute atomic E-state index is 5.92. The molecular weight excluding hydrogens is 342 g/mol. The minimum absolute atomic E-state index is 0.253. The molecule has 1 aromatic heterocycles. The van der Waals surface area contributed by atoms with Crippen molar-refractivity contribution in [2.75, 3.05) is 37.4 Å². The molecule has 3 rings (SSSR count). The highest BCUT2D eigenvalue weighted by atomic mass is 16.5. The zero-order valence-electron chi connectivity index (χ0n) is 16.3. The van der Waals surface area contributed by atoms with Crippen molar-refractivity contribution in [1.29, 1.82) is 0 Å². The fraction of sp³-hybridized carbons (Fsp3) is 0.500. The zero-order valence-corrected chi connectivity index (χ0v) is 16.3. The standard InChI is InChI=1S/C20H29N5O2/c1-14-12-19(24-20(21)23-14)25-10-8-16(9-11-25)22-15(2)13-27-18-7-5-4-6-17(18)26-3/h4-7,12,15-16,22H,8-11,13H2,1-3H3,(H2,21,23,24). The number of benzene rings is 1. The third-order valence-corrected chi connectivity index (χ3v) is 4.76. The molecule has 0 saturated carbocycles. The molecule has 1 saturated heterocycles. The molecule has 2 aromatic rings.